The van der Waals surface area contributed by atoms with Crippen LogP contribution in [0.1, 0.15) is 33.1 Å². The summed E-state index contributed by atoms with van der Waals surface area (Å²) in [7, 11) is 0. The molecule has 1 fully saturated rings. The van der Waals surface area contributed by atoms with Crippen LogP contribution in [-0.2, 0) is 14.4 Å². The maximum atomic E-state index is 11.6. The van der Waals surface area contributed by atoms with E-state index < -0.39 is 17.8 Å². The molecular weight excluding hydrogens is 210 g/mol. The van der Waals surface area contributed by atoms with Crippen molar-refractivity contribution < 1.29 is 19.5 Å². The van der Waals surface area contributed by atoms with E-state index in [1.54, 1.807) is 0 Å². The second kappa shape index (κ2) is 5.84. The predicted octanol–water partition coefficient (Wildman–Crippen LogP) is 1.19. The van der Waals surface area contributed by atoms with Gasteiger partial charge in [-0.25, -0.2) is 5.48 Å². The number of nitrogens with one attached hydrogen (secondary N) is 1. The molecule has 2 unspecified atom stereocenters. The fourth-order valence-electron chi connectivity index (χ4n) is 1.92. The molecule has 1 saturated carbocycles. The summed E-state index contributed by atoms with van der Waals surface area (Å²) >= 11 is 0. The zero-order chi connectivity index (χ0) is 12.1. The van der Waals surface area contributed by atoms with Crippen LogP contribution in [0.2, 0.25) is 0 Å². The molecule has 0 spiro atoms. The number of carboxylic acid groups (broad SMARTS) is 1. The average molecular weight is 229 g/mol. The number of hydroxylamine groups is 1. The van der Waals surface area contributed by atoms with Crippen LogP contribution in [0, 0.1) is 17.8 Å². The second-order valence-corrected chi connectivity index (χ2v) is 4.65. The van der Waals surface area contributed by atoms with Gasteiger partial charge >= 0.3 is 5.97 Å². The summed E-state index contributed by atoms with van der Waals surface area (Å²) in [6.45, 7) is 4.39. The van der Waals surface area contributed by atoms with Crippen molar-refractivity contribution in [2.24, 2.45) is 17.8 Å². The van der Waals surface area contributed by atoms with Gasteiger partial charge < -0.3 is 5.11 Å². The molecule has 1 rings (SSSR count). The molecular formula is C11H19NO4. The Balaban J connectivity index is 2.38. The Morgan fingerprint density at radius 1 is 1.38 bits per heavy atom. The number of hydrogen-bond donors (Lipinski definition) is 2. The van der Waals surface area contributed by atoms with E-state index >= 15 is 0 Å². The molecule has 0 aromatic carbocycles. The molecule has 16 heavy (non-hydrogen) atoms. The van der Waals surface area contributed by atoms with Gasteiger partial charge in [0, 0.05) is 0 Å². The Morgan fingerprint density at radius 3 is 2.56 bits per heavy atom. The maximum Gasteiger partial charge on any atom is 0.307 e. The molecule has 1 amide bonds. The highest BCUT2D eigenvalue weighted by Crippen LogP contribution is 2.31. The predicted molar refractivity (Wildman–Crippen MR) is 57.4 cm³/mol. The van der Waals surface area contributed by atoms with Crippen LogP contribution in [0.4, 0.5) is 0 Å². The summed E-state index contributed by atoms with van der Waals surface area (Å²) in [4.78, 5) is 27.5. The second-order valence-electron chi connectivity index (χ2n) is 4.65. The smallest absolute Gasteiger partial charge is 0.307 e. The fraction of sp³-hybridized carbons (Fsp3) is 0.818. The van der Waals surface area contributed by atoms with E-state index in [2.05, 4.69) is 5.48 Å². The third-order valence-corrected chi connectivity index (χ3v) is 2.76. The summed E-state index contributed by atoms with van der Waals surface area (Å²) in [6.07, 6.45) is 2.00. The molecule has 0 saturated heterocycles. The molecule has 0 radical (unpaired) electrons. The SMILES string of the molecule is CC(C)CONC(=O)C1CCCC1C(=O)O. The fourth-order valence-corrected chi connectivity index (χ4v) is 1.92. The number of hydrogen-bond acceptors (Lipinski definition) is 3. The molecule has 0 aromatic rings. The molecule has 0 heterocycles. The third kappa shape index (κ3) is 3.48. The van der Waals surface area contributed by atoms with Crippen LogP contribution in [0.3, 0.4) is 0 Å². The van der Waals surface area contributed by atoms with Gasteiger partial charge in [0.25, 0.3) is 0 Å². The standard InChI is InChI=1S/C11H19NO4/c1-7(2)6-16-12-10(13)8-4-3-5-9(8)11(14)15/h7-9H,3-6H2,1-2H3,(H,12,13)(H,14,15). The summed E-state index contributed by atoms with van der Waals surface area (Å²) in [5.41, 5.74) is 2.34. The van der Waals surface area contributed by atoms with Crippen molar-refractivity contribution in [1.29, 1.82) is 0 Å². The van der Waals surface area contributed by atoms with Gasteiger partial charge in [-0.1, -0.05) is 20.3 Å². The lowest BCUT2D eigenvalue weighted by Crippen LogP contribution is -2.35. The van der Waals surface area contributed by atoms with Gasteiger partial charge in [-0.15, -0.1) is 0 Å². The van der Waals surface area contributed by atoms with Gasteiger partial charge in [0.15, 0.2) is 0 Å². The molecule has 0 bridgehead atoms. The van der Waals surface area contributed by atoms with E-state index in [1.165, 1.54) is 0 Å². The van der Waals surface area contributed by atoms with E-state index in [0.717, 1.165) is 6.42 Å². The Hall–Kier alpha value is -1.10. The average Bonchev–Trinajstić information content (AvgIpc) is 2.65. The molecule has 5 heteroatoms. The highest BCUT2D eigenvalue weighted by Gasteiger charge is 2.37. The summed E-state index contributed by atoms with van der Waals surface area (Å²) < 4.78 is 0. The van der Waals surface area contributed by atoms with E-state index in [4.69, 9.17) is 9.94 Å². The molecule has 2 N–H and O–H groups in total. The first-order chi connectivity index (χ1) is 7.52. The molecule has 0 aromatic heterocycles. The first-order valence-electron chi connectivity index (χ1n) is 5.66. The minimum absolute atomic E-state index is 0.300. The maximum absolute atomic E-state index is 11.6. The Bertz CT molecular complexity index is 265. The number of carbonyl (C=O) groups excluding carboxylic acids is 1. The van der Waals surface area contributed by atoms with Gasteiger partial charge in [-0.3, -0.25) is 14.4 Å². The van der Waals surface area contributed by atoms with Crippen molar-refractivity contribution in [2.75, 3.05) is 6.61 Å². The van der Waals surface area contributed by atoms with Crippen LogP contribution in [0.25, 0.3) is 0 Å². The number of aliphatic carboxylic acids is 1. The number of carbonyl (C=O) groups is 2. The van der Waals surface area contributed by atoms with Gasteiger partial charge in [0.1, 0.15) is 0 Å². The lowest BCUT2D eigenvalue weighted by atomic mass is 9.96. The van der Waals surface area contributed by atoms with Crippen molar-refractivity contribution in [3.05, 3.63) is 0 Å². The first-order valence-corrected chi connectivity index (χ1v) is 5.66. The number of amides is 1. The van der Waals surface area contributed by atoms with E-state index in [0.29, 0.717) is 25.4 Å². The minimum atomic E-state index is -0.887. The molecule has 5 nitrogen and oxygen atoms in total. The van der Waals surface area contributed by atoms with Crippen LogP contribution in [-0.4, -0.2) is 23.6 Å². The monoisotopic (exact) mass is 229 g/mol. The first kappa shape index (κ1) is 13.0. The van der Waals surface area contributed by atoms with E-state index in [-0.39, 0.29) is 5.91 Å². The summed E-state index contributed by atoms with van der Waals surface area (Å²) in [5, 5.41) is 8.93. The van der Waals surface area contributed by atoms with Crippen molar-refractivity contribution in [3.8, 4) is 0 Å². The van der Waals surface area contributed by atoms with Crippen molar-refractivity contribution >= 4 is 11.9 Å². The Labute approximate surface area is 95.1 Å². The minimum Gasteiger partial charge on any atom is -0.481 e. The van der Waals surface area contributed by atoms with Crippen molar-refractivity contribution in [2.45, 2.75) is 33.1 Å². The van der Waals surface area contributed by atoms with Gasteiger partial charge in [-0.2, -0.15) is 0 Å². The van der Waals surface area contributed by atoms with Gasteiger partial charge in [-0.05, 0) is 18.8 Å². The van der Waals surface area contributed by atoms with Gasteiger partial charge in [0.2, 0.25) is 5.91 Å². The quantitative estimate of drug-likeness (QED) is 0.694. The molecule has 2 atom stereocenters. The Morgan fingerprint density at radius 2 is 2.00 bits per heavy atom. The number of rotatable bonds is 5. The molecule has 92 valence electrons. The number of carboxylic acids is 1. The van der Waals surface area contributed by atoms with Crippen molar-refractivity contribution in [3.63, 3.8) is 0 Å². The van der Waals surface area contributed by atoms with Crippen LogP contribution < -0.4 is 5.48 Å². The zero-order valence-electron chi connectivity index (χ0n) is 9.73. The highest BCUT2D eigenvalue weighted by atomic mass is 16.7. The summed E-state index contributed by atoms with van der Waals surface area (Å²) in [6, 6.07) is 0. The van der Waals surface area contributed by atoms with E-state index in [9.17, 15) is 9.59 Å². The molecule has 1 aliphatic carbocycles. The lowest BCUT2D eigenvalue weighted by molar-refractivity contribution is -0.150. The lowest BCUT2D eigenvalue weighted by Gasteiger charge is -2.15. The largest absolute Gasteiger partial charge is 0.481 e. The van der Waals surface area contributed by atoms with E-state index in [1.807, 2.05) is 13.8 Å². The van der Waals surface area contributed by atoms with Gasteiger partial charge in [0.05, 0.1) is 18.4 Å². The topological polar surface area (TPSA) is 75.6 Å². The molecule has 0 aliphatic heterocycles. The van der Waals surface area contributed by atoms with Crippen LogP contribution in [0.5, 0.6) is 0 Å². The summed E-state index contributed by atoms with van der Waals surface area (Å²) in [5.74, 6) is -1.85. The zero-order valence-corrected chi connectivity index (χ0v) is 9.73. The molecule has 1 aliphatic rings. The van der Waals surface area contributed by atoms with Crippen molar-refractivity contribution in [1.82, 2.24) is 5.48 Å². The third-order valence-electron chi connectivity index (χ3n) is 2.76. The highest BCUT2D eigenvalue weighted by molar-refractivity contribution is 5.84. The normalized spacial score (nSPS) is 24.7. The van der Waals surface area contributed by atoms with Crippen LogP contribution in [0.15, 0.2) is 0 Å². The van der Waals surface area contributed by atoms with Crippen LogP contribution >= 0.6 is 0 Å². The Kier molecular flexibility index (Phi) is 4.73.